The van der Waals surface area contributed by atoms with Gasteiger partial charge in [-0.05, 0) is 88.2 Å². The van der Waals surface area contributed by atoms with Gasteiger partial charge in [-0.15, -0.1) is 0 Å². The SMILES string of the molecule is COc1ccc(CN(C(=O)CN(c2ccc(Cl)cc2C)S(=O)(=O)c2ccccc2)C(C)C(=O)NC(C)(C)C)cc1. The van der Waals surface area contributed by atoms with Crippen LogP contribution in [0.2, 0.25) is 5.02 Å². The Bertz CT molecular complexity index is 1440. The van der Waals surface area contributed by atoms with Crippen LogP contribution in [0.3, 0.4) is 0 Å². The summed E-state index contributed by atoms with van der Waals surface area (Å²) in [5, 5.41) is 3.36. The Hall–Kier alpha value is -3.56. The minimum atomic E-state index is -4.15. The minimum Gasteiger partial charge on any atom is -0.497 e. The first kappa shape index (κ1) is 31.0. The molecule has 2 amide bonds. The summed E-state index contributed by atoms with van der Waals surface area (Å²) in [6.07, 6.45) is 0. The summed E-state index contributed by atoms with van der Waals surface area (Å²) in [5.74, 6) is -0.241. The van der Waals surface area contributed by atoms with E-state index in [-0.39, 0.29) is 17.3 Å². The zero-order valence-electron chi connectivity index (χ0n) is 23.6. The van der Waals surface area contributed by atoms with Gasteiger partial charge in [0.1, 0.15) is 18.3 Å². The highest BCUT2D eigenvalue weighted by Crippen LogP contribution is 2.29. The average Bonchev–Trinajstić information content (AvgIpc) is 2.90. The molecule has 0 saturated heterocycles. The van der Waals surface area contributed by atoms with Gasteiger partial charge in [0, 0.05) is 17.1 Å². The summed E-state index contributed by atoms with van der Waals surface area (Å²) in [5.41, 5.74) is 1.13. The van der Waals surface area contributed by atoms with Gasteiger partial charge in [-0.1, -0.05) is 41.9 Å². The van der Waals surface area contributed by atoms with Gasteiger partial charge in [-0.2, -0.15) is 0 Å². The average molecular weight is 586 g/mol. The molecule has 8 nitrogen and oxygen atoms in total. The van der Waals surface area contributed by atoms with Crippen molar-refractivity contribution in [1.29, 1.82) is 0 Å². The number of halogens is 1. The van der Waals surface area contributed by atoms with Gasteiger partial charge in [-0.25, -0.2) is 8.42 Å². The molecule has 0 aliphatic rings. The number of rotatable bonds is 10. The van der Waals surface area contributed by atoms with Crippen LogP contribution >= 0.6 is 11.6 Å². The molecule has 1 unspecified atom stereocenters. The molecule has 0 saturated carbocycles. The van der Waals surface area contributed by atoms with Crippen molar-refractivity contribution in [3.8, 4) is 5.75 Å². The van der Waals surface area contributed by atoms with Gasteiger partial charge < -0.3 is 15.0 Å². The van der Waals surface area contributed by atoms with Gasteiger partial charge in [0.15, 0.2) is 0 Å². The Kier molecular flexibility index (Phi) is 9.87. The summed E-state index contributed by atoms with van der Waals surface area (Å²) in [7, 11) is -2.59. The first-order chi connectivity index (χ1) is 18.7. The summed E-state index contributed by atoms with van der Waals surface area (Å²) in [6.45, 7) is 8.48. The van der Waals surface area contributed by atoms with Gasteiger partial charge in [0.25, 0.3) is 10.0 Å². The standard InChI is InChI=1S/C30H36ClN3O5S/c1-21-18-24(31)14-17-27(21)34(40(37,38)26-10-8-7-9-11-26)20-28(35)33(22(2)29(36)32-30(3,4)5)19-23-12-15-25(39-6)16-13-23/h7-18,22H,19-20H2,1-6H3,(H,32,36). The van der Waals surface area contributed by atoms with Crippen LogP contribution in [0.5, 0.6) is 5.75 Å². The summed E-state index contributed by atoms with van der Waals surface area (Å²) < 4.78 is 34.1. The first-order valence-corrected chi connectivity index (χ1v) is 14.6. The van der Waals surface area contributed by atoms with E-state index in [4.69, 9.17) is 16.3 Å². The third kappa shape index (κ3) is 7.76. The molecule has 0 heterocycles. The number of sulfonamides is 1. The van der Waals surface area contributed by atoms with Crippen molar-refractivity contribution in [1.82, 2.24) is 10.2 Å². The van der Waals surface area contributed by atoms with Crippen LogP contribution in [0.1, 0.15) is 38.8 Å². The van der Waals surface area contributed by atoms with Gasteiger partial charge in [0.2, 0.25) is 11.8 Å². The summed E-state index contributed by atoms with van der Waals surface area (Å²) >= 11 is 6.15. The first-order valence-electron chi connectivity index (χ1n) is 12.8. The van der Waals surface area contributed by atoms with Gasteiger partial charge >= 0.3 is 0 Å². The monoisotopic (exact) mass is 585 g/mol. The van der Waals surface area contributed by atoms with Crippen LogP contribution in [-0.2, 0) is 26.2 Å². The molecular weight excluding hydrogens is 550 g/mol. The predicted molar refractivity (Wildman–Crippen MR) is 158 cm³/mol. The number of ether oxygens (including phenoxy) is 1. The maximum absolute atomic E-state index is 14.0. The molecule has 1 N–H and O–H groups in total. The molecular formula is C30H36ClN3O5S. The van der Waals surface area contributed by atoms with Crippen LogP contribution < -0.4 is 14.4 Å². The highest BCUT2D eigenvalue weighted by Gasteiger charge is 2.33. The van der Waals surface area contributed by atoms with Crippen molar-refractivity contribution in [2.75, 3.05) is 18.0 Å². The second kappa shape index (κ2) is 12.7. The molecule has 0 radical (unpaired) electrons. The molecule has 40 heavy (non-hydrogen) atoms. The third-order valence-electron chi connectivity index (χ3n) is 6.22. The fourth-order valence-electron chi connectivity index (χ4n) is 4.12. The van der Waals surface area contributed by atoms with E-state index in [1.165, 1.54) is 17.0 Å². The number of amides is 2. The topological polar surface area (TPSA) is 96.0 Å². The number of nitrogens with zero attached hydrogens (tertiary/aromatic N) is 2. The maximum atomic E-state index is 14.0. The Morgan fingerprint density at radius 2 is 1.62 bits per heavy atom. The zero-order chi connectivity index (χ0) is 29.7. The van der Waals surface area contributed by atoms with E-state index in [0.29, 0.717) is 22.0 Å². The highest BCUT2D eigenvalue weighted by molar-refractivity contribution is 7.92. The second-order valence-electron chi connectivity index (χ2n) is 10.5. The molecule has 3 aromatic rings. The fraction of sp³-hybridized carbons (Fsp3) is 0.333. The number of nitrogens with one attached hydrogen (secondary N) is 1. The lowest BCUT2D eigenvalue weighted by molar-refractivity contribution is -0.140. The van der Waals surface area contributed by atoms with E-state index in [2.05, 4.69) is 5.32 Å². The van der Waals surface area contributed by atoms with Crippen LogP contribution in [0.4, 0.5) is 5.69 Å². The zero-order valence-corrected chi connectivity index (χ0v) is 25.2. The Labute approximate surface area is 241 Å². The molecule has 0 aromatic heterocycles. The number of benzene rings is 3. The third-order valence-corrected chi connectivity index (χ3v) is 8.22. The van der Waals surface area contributed by atoms with Crippen molar-refractivity contribution in [3.63, 3.8) is 0 Å². The second-order valence-corrected chi connectivity index (χ2v) is 12.8. The molecule has 3 aromatic carbocycles. The molecule has 10 heteroatoms. The normalized spacial score (nSPS) is 12.4. The van der Waals surface area contributed by atoms with E-state index in [1.54, 1.807) is 81.6 Å². The van der Waals surface area contributed by atoms with Crippen molar-refractivity contribution >= 4 is 39.1 Å². The molecule has 0 aliphatic carbocycles. The lowest BCUT2D eigenvalue weighted by Gasteiger charge is -2.34. The number of anilines is 1. The largest absolute Gasteiger partial charge is 0.497 e. The number of hydrogen-bond acceptors (Lipinski definition) is 5. The molecule has 0 aliphatic heterocycles. The predicted octanol–water partition coefficient (Wildman–Crippen LogP) is 5.18. The van der Waals surface area contributed by atoms with E-state index in [9.17, 15) is 18.0 Å². The molecule has 0 spiro atoms. The number of aryl methyl sites for hydroxylation is 1. The summed E-state index contributed by atoms with van der Waals surface area (Å²) in [4.78, 5) is 28.6. The molecule has 3 rings (SSSR count). The number of carbonyl (C=O) groups excluding carboxylic acids is 2. The Balaban J connectivity index is 2.05. The van der Waals surface area contributed by atoms with Crippen LogP contribution in [0.25, 0.3) is 0 Å². The summed E-state index contributed by atoms with van der Waals surface area (Å²) in [6, 6.07) is 19.0. The minimum absolute atomic E-state index is 0.0392. The number of hydrogen-bond donors (Lipinski definition) is 1. The fourth-order valence-corrected chi connectivity index (χ4v) is 5.84. The van der Waals surface area contributed by atoms with Crippen LogP contribution in [0.15, 0.2) is 77.7 Å². The Morgan fingerprint density at radius 3 is 2.17 bits per heavy atom. The van der Waals surface area contributed by atoms with Gasteiger partial charge in [0.05, 0.1) is 17.7 Å². The van der Waals surface area contributed by atoms with E-state index in [0.717, 1.165) is 9.87 Å². The molecule has 0 bridgehead atoms. The van der Waals surface area contributed by atoms with Crippen molar-refractivity contribution in [2.24, 2.45) is 0 Å². The highest BCUT2D eigenvalue weighted by atomic mass is 35.5. The molecule has 0 fully saturated rings. The maximum Gasteiger partial charge on any atom is 0.264 e. The Morgan fingerprint density at radius 1 is 1.00 bits per heavy atom. The lowest BCUT2D eigenvalue weighted by atomic mass is 10.1. The van der Waals surface area contributed by atoms with E-state index < -0.39 is 34.1 Å². The molecule has 1 atom stereocenters. The van der Waals surface area contributed by atoms with E-state index >= 15 is 0 Å². The van der Waals surface area contributed by atoms with Gasteiger partial charge in [-0.3, -0.25) is 13.9 Å². The lowest BCUT2D eigenvalue weighted by Crippen LogP contribution is -2.54. The van der Waals surface area contributed by atoms with Crippen LogP contribution in [-0.4, -0.2) is 50.4 Å². The smallest absolute Gasteiger partial charge is 0.264 e. The van der Waals surface area contributed by atoms with Crippen molar-refractivity contribution < 1.29 is 22.7 Å². The number of carbonyl (C=O) groups is 2. The van der Waals surface area contributed by atoms with Crippen molar-refractivity contribution in [2.45, 2.75) is 57.6 Å². The van der Waals surface area contributed by atoms with Crippen LogP contribution in [0, 0.1) is 6.92 Å². The molecule has 214 valence electrons. The van der Waals surface area contributed by atoms with Crippen molar-refractivity contribution in [3.05, 3.63) is 88.9 Å². The van der Waals surface area contributed by atoms with E-state index in [1.807, 2.05) is 20.8 Å². The number of methoxy groups -OCH3 is 1. The quantitative estimate of drug-likeness (QED) is 0.353.